The summed E-state index contributed by atoms with van der Waals surface area (Å²) in [4.78, 5) is 21.8. The van der Waals surface area contributed by atoms with Gasteiger partial charge in [-0.1, -0.05) is 30.0 Å². The van der Waals surface area contributed by atoms with E-state index in [1.165, 1.54) is 13.0 Å². The van der Waals surface area contributed by atoms with Crippen LogP contribution in [0.4, 0.5) is 4.39 Å². The number of hydrogen-bond acceptors (Lipinski definition) is 3. The maximum Gasteiger partial charge on any atom is 0.307 e. The molecule has 1 rings (SSSR count). The number of carbonyl (C=O) groups is 2. The average Bonchev–Trinajstić information content (AvgIpc) is 2.25. The van der Waals surface area contributed by atoms with Crippen LogP contribution in [0.3, 0.4) is 0 Å². The van der Waals surface area contributed by atoms with E-state index in [1.54, 1.807) is 18.2 Å². The fourth-order valence-electron chi connectivity index (χ4n) is 1.36. The van der Waals surface area contributed by atoms with Crippen LogP contribution in [0.25, 0.3) is 0 Å². The highest BCUT2D eigenvalue weighted by Crippen LogP contribution is 2.17. The molecule has 0 bridgehead atoms. The Bertz CT molecular complexity index is 420. The molecular formula is C12H13FO3S. The Labute approximate surface area is 103 Å². The predicted octanol–water partition coefficient (Wildman–Crippen LogP) is 2.35. The first-order valence-corrected chi connectivity index (χ1v) is 6.09. The number of rotatable bonds is 5. The molecule has 1 aromatic carbocycles. The summed E-state index contributed by atoms with van der Waals surface area (Å²) >= 11 is 0.951. The molecule has 0 saturated heterocycles. The van der Waals surface area contributed by atoms with Crippen molar-refractivity contribution in [1.29, 1.82) is 0 Å². The zero-order valence-electron chi connectivity index (χ0n) is 9.35. The van der Waals surface area contributed by atoms with Crippen LogP contribution in [0.5, 0.6) is 0 Å². The van der Waals surface area contributed by atoms with E-state index >= 15 is 0 Å². The molecule has 92 valence electrons. The van der Waals surface area contributed by atoms with Crippen LogP contribution in [0.2, 0.25) is 0 Å². The largest absolute Gasteiger partial charge is 0.481 e. The van der Waals surface area contributed by atoms with E-state index in [0.717, 1.165) is 11.8 Å². The highest BCUT2D eigenvalue weighted by Gasteiger charge is 2.20. The second-order valence-corrected chi connectivity index (χ2v) is 4.83. The number of hydrogen-bond donors (Lipinski definition) is 1. The van der Waals surface area contributed by atoms with E-state index in [1.807, 2.05) is 0 Å². The van der Waals surface area contributed by atoms with Crippen LogP contribution in [-0.2, 0) is 16.0 Å². The van der Waals surface area contributed by atoms with Crippen LogP contribution >= 0.6 is 11.8 Å². The second kappa shape index (κ2) is 6.39. The fraction of sp³-hybridized carbons (Fsp3) is 0.333. The lowest BCUT2D eigenvalue weighted by molar-refractivity contribution is -0.140. The van der Waals surface area contributed by atoms with Crippen molar-refractivity contribution in [3.63, 3.8) is 0 Å². The minimum Gasteiger partial charge on any atom is -0.481 e. The second-order valence-electron chi connectivity index (χ2n) is 3.63. The Morgan fingerprint density at radius 1 is 1.41 bits per heavy atom. The highest BCUT2D eigenvalue weighted by atomic mass is 32.2. The third-order valence-corrected chi connectivity index (χ3v) is 3.24. The van der Waals surface area contributed by atoms with Gasteiger partial charge in [0.25, 0.3) is 0 Å². The Hall–Kier alpha value is -1.36. The number of carbonyl (C=O) groups excluding carboxylic acids is 1. The maximum atomic E-state index is 13.3. The molecular weight excluding hydrogens is 243 g/mol. The third-order valence-electron chi connectivity index (χ3n) is 2.26. The van der Waals surface area contributed by atoms with E-state index in [0.29, 0.717) is 5.56 Å². The maximum absolute atomic E-state index is 13.3. The Balaban J connectivity index is 2.70. The smallest absolute Gasteiger partial charge is 0.307 e. The molecule has 1 unspecified atom stereocenters. The summed E-state index contributed by atoms with van der Waals surface area (Å²) in [5.74, 6) is -2.01. The van der Waals surface area contributed by atoms with Gasteiger partial charge < -0.3 is 5.11 Å². The monoisotopic (exact) mass is 256 g/mol. The first-order valence-electron chi connectivity index (χ1n) is 5.10. The first-order chi connectivity index (χ1) is 8.00. The van der Waals surface area contributed by atoms with Gasteiger partial charge in [-0.25, -0.2) is 4.39 Å². The predicted molar refractivity (Wildman–Crippen MR) is 64.4 cm³/mol. The summed E-state index contributed by atoms with van der Waals surface area (Å²) in [6, 6.07) is 6.07. The third kappa shape index (κ3) is 4.56. The number of thioether (sulfide) groups is 1. The van der Waals surface area contributed by atoms with Crippen molar-refractivity contribution in [2.45, 2.75) is 13.3 Å². The summed E-state index contributed by atoms with van der Waals surface area (Å²) in [5, 5.41) is 8.86. The Kier molecular flexibility index (Phi) is 5.15. The molecule has 0 aromatic heterocycles. The van der Waals surface area contributed by atoms with E-state index in [-0.39, 0.29) is 17.3 Å². The molecule has 1 atom stereocenters. The van der Waals surface area contributed by atoms with Gasteiger partial charge in [0, 0.05) is 12.7 Å². The normalized spacial score (nSPS) is 12.1. The van der Waals surface area contributed by atoms with Crippen molar-refractivity contribution in [1.82, 2.24) is 0 Å². The number of aliphatic carboxylic acids is 1. The van der Waals surface area contributed by atoms with Crippen LogP contribution in [0.15, 0.2) is 24.3 Å². The van der Waals surface area contributed by atoms with Gasteiger partial charge in [0.05, 0.1) is 5.92 Å². The summed E-state index contributed by atoms with van der Waals surface area (Å²) < 4.78 is 13.3. The standard InChI is InChI=1S/C12H13FO3S/c1-8(14)17-7-10(12(15)16)6-9-4-2-3-5-11(9)13/h2-5,10H,6-7H2,1H3,(H,15,16). The number of halogens is 1. The van der Waals surface area contributed by atoms with Crippen LogP contribution in [0.1, 0.15) is 12.5 Å². The molecule has 1 aromatic rings. The lowest BCUT2D eigenvalue weighted by Crippen LogP contribution is -2.20. The van der Waals surface area contributed by atoms with Crippen molar-refractivity contribution < 1.29 is 19.1 Å². The zero-order chi connectivity index (χ0) is 12.8. The van der Waals surface area contributed by atoms with Gasteiger partial charge in [-0.2, -0.15) is 0 Å². The van der Waals surface area contributed by atoms with E-state index in [4.69, 9.17) is 5.11 Å². The molecule has 0 amide bonds. The molecule has 1 N–H and O–H groups in total. The minimum atomic E-state index is -1.01. The number of benzene rings is 1. The van der Waals surface area contributed by atoms with Gasteiger partial charge in [-0.05, 0) is 18.1 Å². The first kappa shape index (κ1) is 13.7. The van der Waals surface area contributed by atoms with Crippen LogP contribution in [-0.4, -0.2) is 21.9 Å². The van der Waals surface area contributed by atoms with Gasteiger partial charge in [-0.15, -0.1) is 0 Å². The molecule has 0 fully saturated rings. The summed E-state index contributed by atoms with van der Waals surface area (Å²) in [5.41, 5.74) is 0.365. The van der Waals surface area contributed by atoms with E-state index in [9.17, 15) is 14.0 Å². The van der Waals surface area contributed by atoms with Crippen molar-refractivity contribution in [2.75, 3.05) is 5.75 Å². The van der Waals surface area contributed by atoms with Crippen molar-refractivity contribution >= 4 is 22.8 Å². The molecule has 0 saturated carbocycles. The average molecular weight is 256 g/mol. The lowest BCUT2D eigenvalue weighted by Gasteiger charge is -2.11. The molecule has 0 aliphatic carbocycles. The molecule has 0 heterocycles. The number of carboxylic acid groups (broad SMARTS) is 1. The fourth-order valence-corrected chi connectivity index (χ4v) is 2.06. The van der Waals surface area contributed by atoms with Crippen molar-refractivity contribution in [3.05, 3.63) is 35.6 Å². The molecule has 17 heavy (non-hydrogen) atoms. The topological polar surface area (TPSA) is 54.4 Å². The molecule has 0 aliphatic rings. The SMILES string of the molecule is CC(=O)SCC(Cc1ccccc1F)C(=O)O. The summed E-state index contributed by atoms with van der Waals surface area (Å²) in [7, 11) is 0. The van der Waals surface area contributed by atoms with Gasteiger partial charge >= 0.3 is 5.97 Å². The quantitative estimate of drug-likeness (QED) is 0.878. The highest BCUT2D eigenvalue weighted by molar-refractivity contribution is 8.13. The summed E-state index contributed by atoms with van der Waals surface area (Å²) in [6.07, 6.45) is 0.0995. The van der Waals surface area contributed by atoms with Gasteiger partial charge in [0.1, 0.15) is 5.82 Å². The molecule has 0 spiro atoms. The molecule has 3 nitrogen and oxygen atoms in total. The zero-order valence-corrected chi connectivity index (χ0v) is 10.2. The number of carboxylic acids is 1. The van der Waals surface area contributed by atoms with Gasteiger partial charge in [0.2, 0.25) is 0 Å². The van der Waals surface area contributed by atoms with Crippen LogP contribution < -0.4 is 0 Å². The Morgan fingerprint density at radius 2 is 2.06 bits per heavy atom. The Morgan fingerprint density at radius 3 is 2.59 bits per heavy atom. The van der Waals surface area contributed by atoms with Crippen LogP contribution in [0, 0.1) is 11.7 Å². The van der Waals surface area contributed by atoms with E-state index < -0.39 is 17.7 Å². The van der Waals surface area contributed by atoms with Gasteiger partial charge in [-0.3, -0.25) is 9.59 Å². The van der Waals surface area contributed by atoms with Crippen molar-refractivity contribution in [3.8, 4) is 0 Å². The summed E-state index contributed by atoms with van der Waals surface area (Å²) in [6.45, 7) is 1.38. The molecule has 0 radical (unpaired) electrons. The minimum absolute atomic E-state index is 0.0995. The molecule has 0 aliphatic heterocycles. The van der Waals surface area contributed by atoms with E-state index in [2.05, 4.69) is 0 Å². The molecule has 5 heteroatoms. The van der Waals surface area contributed by atoms with Crippen molar-refractivity contribution in [2.24, 2.45) is 5.92 Å². The lowest BCUT2D eigenvalue weighted by atomic mass is 10.0. The van der Waals surface area contributed by atoms with Gasteiger partial charge in [0.15, 0.2) is 5.12 Å².